The molecule has 1 unspecified atom stereocenters. The Morgan fingerprint density at radius 3 is 2.32 bits per heavy atom. The fourth-order valence-corrected chi connectivity index (χ4v) is 2.81. The van der Waals surface area contributed by atoms with Crippen LogP contribution in [0.2, 0.25) is 0 Å². The van der Waals surface area contributed by atoms with Crippen LogP contribution < -0.4 is 17.0 Å². The number of nitrogens with two attached hydrogens (primary N) is 1. The average Bonchev–Trinajstić information content (AvgIpc) is 2.65. The van der Waals surface area contributed by atoms with Gasteiger partial charge in [0.15, 0.2) is 5.78 Å². The lowest BCUT2D eigenvalue weighted by Crippen LogP contribution is -2.46. The minimum Gasteiger partial charge on any atom is -0.480 e. The lowest BCUT2D eigenvalue weighted by Gasteiger charge is -2.21. The van der Waals surface area contributed by atoms with Crippen molar-refractivity contribution in [1.29, 1.82) is 0 Å². The van der Waals surface area contributed by atoms with Crippen LogP contribution in [0.4, 0.5) is 5.82 Å². The quantitative estimate of drug-likeness (QED) is 0.620. The largest absolute Gasteiger partial charge is 0.480 e. The summed E-state index contributed by atoms with van der Waals surface area (Å²) < 4.78 is 2.14. The summed E-state index contributed by atoms with van der Waals surface area (Å²) in [5.41, 5.74) is 5.18. The number of benzene rings is 1. The molecular weight excluding hydrogens is 364 g/mol. The monoisotopic (exact) mass is 388 g/mol. The number of aliphatic carboxylic acids is 1. The van der Waals surface area contributed by atoms with Crippen molar-refractivity contribution in [3.63, 3.8) is 0 Å². The van der Waals surface area contributed by atoms with Gasteiger partial charge in [-0.05, 0) is 26.5 Å². The van der Waals surface area contributed by atoms with E-state index in [4.69, 9.17) is 10.8 Å². The molecule has 0 amide bonds. The van der Waals surface area contributed by atoms with Crippen LogP contribution in [-0.2, 0) is 17.9 Å². The first-order valence-electron chi connectivity index (χ1n) is 8.82. The summed E-state index contributed by atoms with van der Waals surface area (Å²) in [4.78, 5) is 50.5. The van der Waals surface area contributed by atoms with Gasteiger partial charge in [0.1, 0.15) is 17.4 Å². The highest BCUT2D eigenvalue weighted by atomic mass is 16.4. The first-order chi connectivity index (χ1) is 13.2. The third-order valence-electron chi connectivity index (χ3n) is 4.66. The van der Waals surface area contributed by atoms with E-state index in [1.165, 1.54) is 23.4 Å². The normalized spacial score (nSPS) is 12.1. The number of likely N-dealkylation sites (N-methyl/N-ethyl adjacent to an activating group) is 1. The number of hydrogen-bond acceptors (Lipinski definition) is 6. The van der Waals surface area contributed by atoms with Crippen molar-refractivity contribution in [2.75, 3.05) is 19.3 Å². The summed E-state index contributed by atoms with van der Waals surface area (Å²) in [5, 5.41) is 9.08. The number of carbonyl (C=O) groups is 2. The van der Waals surface area contributed by atoms with Gasteiger partial charge in [0.2, 0.25) is 0 Å². The number of nitrogens with zero attached hydrogens (tertiary/aromatic N) is 3. The molecule has 0 aliphatic rings. The molecule has 3 N–H and O–H groups in total. The van der Waals surface area contributed by atoms with E-state index in [1.54, 1.807) is 31.2 Å². The maximum absolute atomic E-state index is 12.8. The van der Waals surface area contributed by atoms with Gasteiger partial charge in [-0.1, -0.05) is 30.3 Å². The van der Waals surface area contributed by atoms with E-state index in [9.17, 15) is 19.2 Å². The standard InChI is InChI=1S/C19H24N4O5/c1-4-22-17(25)15(14(24)11-21(3)12(2)18(26)27)16(20)23(19(22)28)10-13-8-6-5-7-9-13/h5-9,12H,4,10-11,20H2,1-3H3,(H,26,27). The number of hydrogen-bond donors (Lipinski definition) is 2. The lowest BCUT2D eigenvalue weighted by molar-refractivity contribution is -0.141. The Kier molecular flexibility index (Phi) is 6.53. The van der Waals surface area contributed by atoms with Gasteiger partial charge in [0.25, 0.3) is 5.56 Å². The van der Waals surface area contributed by atoms with Gasteiger partial charge in [-0.3, -0.25) is 28.4 Å². The molecule has 9 nitrogen and oxygen atoms in total. The molecule has 0 saturated carbocycles. The number of aromatic nitrogens is 2. The zero-order chi connectivity index (χ0) is 21.0. The summed E-state index contributed by atoms with van der Waals surface area (Å²) in [7, 11) is 1.46. The highest BCUT2D eigenvalue weighted by Gasteiger charge is 2.26. The number of carboxylic acids is 1. The minimum absolute atomic E-state index is 0.0778. The van der Waals surface area contributed by atoms with Gasteiger partial charge in [0.05, 0.1) is 13.1 Å². The molecule has 0 spiro atoms. The number of Topliss-reactive ketones (excluding diaryl/α,β-unsaturated/α-hetero) is 1. The molecule has 0 aliphatic carbocycles. The molecule has 1 atom stereocenters. The summed E-state index contributed by atoms with van der Waals surface area (Å²) in [6, 6.07) is 8.13. The molecule has 1 aromatic heterocycles. The predicted molar refractivity (Wildman–Crippen MR) is 105 cm³/mol. The molecule has 2 aromatic rings. The summed E-state index contributed by atoms with van der Waals surface area (Å²) in [6.45, 7) is 2.92. The van der Waals surface area contributed by atoms with E-state index in [1.807, 2.05) is 6.07 Å². The predicted octanol–water partition coefficient (Wildman–Crippen LogP) is 0.248. The number of rotatable bonds is 8. The van der Waals surface area contributed by atoms with Gasteiger partial charge in [-0.15, -0.1) is 0 Å². The van der Waals surface area contributed by atoms with Crippen molar-refractivity contribution in [1.82, 2.24) is 14.0 Å². The molecule has 150 valence electrons. The first-order valence-corrected chi connectivity index (χ1v) is 8.82. The van der Waals surface area contributed by atoms with Crippen LogP contribution in [0.5, 0.6) is 0 Å². The molecule has 1 aromatic carbocycles. The van der Waals surface area contributed by atoms with Gasteiger partial charge in [0, 0.05) is 6.54 Å². The van der Waals surface area contributed by atoms with Crippen molar-refractivity contribution in [2.45, 2.75) is 33.0 Å². The molecule has 2 rings (SSSR count). The fourth-order valence-electron chi connectivity index (χ4n) is 2.81. The Morgan fingerprint density at radius 1 is 1.18 bits per heavy atom. The van der Waals surface area contributed by atoms with E-state index < -0.39 is 29.0 Å². The fraction of sp³-hybridized carbons (Fsp3) is 0.368. The Bertz CT molecular complexity index is 994. The second-order valence-corrected chi connectivity index (χ2v) is 6.52. The Morgan fingerprint density at radius 2 is 1.79 bits per heavy atom. The van der Waals surface area contributed by atoms with E-state index >= 15 is 0 Å². The third kappa shape index (κ3) is 4.20. The van der Waals surface area contributed by atoms with Crippen molar-refractivity contribution in [3.8, 4) is 0 Å². The highest BCUT2D eigenvalue weighted by Crippen LogP contribution is 2.11. The van der Waals surface area contributed by atoms with Crippen molar-refractivity contribution in [3.05, 3.63) is 62.3 Å². The van der Waals surface area contributed by atoms with Gasteiger partial charge in [-0.2, -0.15) is 0 Å². The number of carbonyl (C=O) groups excluding carboxylic acids is 1. The number of carboxylic acid groups (broad SMARTS) is 1. The van der Waals surface area contributed by atoms with Gasteiger partial charge < -0.3 is 10.8 Å². The Hall–Kier alpha value is -3.20. The van der Waals surface area contributed by atoms with Crippen LogP contribution in [0, 0.1) is 0 Å². The second kappa shape index (κ2) is 8.66. The molecule has 0 radical (unpaired) electrons. The number of nitrogen functional groups attached to an aromatic ring is 1. The zero-order valence-corrected chi connectivity index (χ0v) is 16.1. The molecule has 0 saturated heterocycles. The third-order valence-corrected chi connectivity index (χ3v) is 4.66. The molecular formula is C19H24N4O5. The highest BCUT2D eigenvalue weighted by molar-refractivity contribution is 6.01. The molecule has 0 bridgehead atoms. The van der Waals surface area contributed by atoms with Crippen LogP contribution >= 0.6 is 0 Å². The zero-order valence-electron chi connectivity index (χ0n) is 16.1. The van der Waals surface area contributed by atoms with Crippen molar-refractivity contribution >= 4 is 17.6 Å². The van der Waals surface area contributed by atoms with E-state index in [0.717, 1.165) is 10.1 Å². The van der Waals surface area contributed by atoms with E-state index in [-0.39, 0.29) is 31.0 Å². The molecule has 0 fully saturated rings. The second-order valence-electron chi connectivity index (χ2n) is 6.52. The minimum atomic E-state index is -1.09. The van der Waals surface area contributed by atoms with E-state index in [2.05, 4.69) is 0 Å². The van der Waals surface area contributed by atoms with Crippen LogP contribution in [0.15, 0.2) is 39.9 Å². The SMILES string of the molecule is CCn1c(=O)c(C(=O)CN(C)C(C)C(=O)O)c(N)n(Cc2ccccc2)c1=O. The van der Waals surface area contributed by atoms with Crippen LogP contribution in [0.1, 0.15) is 29.8 Å². The average molecular weight is 388 g/mol. The number of ketones is 1. The lowest BCUT2D eigenvalue weighted by atomic mass is 10.1. The topological polar surface area (TPSA) is 128 Å². The maximum atomic E-state index is 12.8. The summed E-state index contributed by atoms with van der Waals surface area (Å²) >= 11 is 0. The maximum Gasteiger partial charge on any atom is 0.332 e. The molecule has 28 heavy (non-hydrogen) atoms. The molecule has 0 aliphatic heterocycles. The van der Waals surface area contributed by atoms with Crippen molar-refractivity contribution in [2.24, 2.45) is 0 Å². The molecule has 1 heterocycles. The summed E-state index contributed by atoms with van der Waals surface area (Å²) in [6.07, 6.45) is 0. The Labute approximate surface area is 161 Å². The summed E-state index contributed by atoms with van der Waals surface area (Å²) in [5.74, 6) is -1.95. The first kappa shape index (κ1) is 21.1. The van der Waals surface area contributed by atoms with Crippen molar-refractivity contribution < 1.29 is 14.7 Å². The van der Waals surface area contributed by atoms with Crippen LogP contribution in [0.3, 0.4) is 0 Å². The van der Waals surface area contributed by atoms with Gasteiger partial charge >= 0.3 is 11.7 Å². The van der Waals surface area contributed by atoms with Crippen LogP contribution in [0.25, 0.3) is 0 Å². The van der Waals surface area contributed by atoms with Gasteiger partial charge in [-0.25, -0.2) is 4.79 Å². The molecule has 9 heteroatoms. The smallest absolute Gasteiger partial charge is 0.332 e. The van der Waals surface area contributed by atoms with Crippen LogP contribution in [-0.4, -0.2) is 50.5 Å². The number of anilines is 1. The Balaban J connectivity index is 2.53. The van der Waals surface area contributed by atoms with E-state index in [0.29, 0.717) is 0 Å².